The number of hydrogen-bond acceptors (Lipinski definition) is 6. The summed E-state index contributed by atoms with van der Waals surface area (Å²) >= 11 is 12.9. The third kappa shape index (κ3) is 5.51. The number of amides is 1. The average molecular weight is 537 g/mol. The zero-order chi connectivity index (χ0) is 25.8. The second-order valence-electron chi connectivity index (χ2n) is 8.28. The first-order valence-electron chi connectivity index (χ1n) is 11.6. The van der Waals surface area contributed by atoms with Gasteiger partial charge in [0.25, 0.3) is 11.5 Å². The lowest BCUT2D eigenvalue weighted by Crippen LogP contribution is -2.43. The highest BCUT2D eigenvalue weighted by Gasteiger charge is 2.19. The maximum absolute atomic E-state index is 13.3. The van der Waals surface area contributed by atoms with E-state index in [-0.39, 0.29) is 33.9 Å². The van der Waals surface area contributed by atoms with Crippen molar-refractivity contribution in [1.29, 1.82) is 0 Å². The van der Waals surface area contributed by atoms with Crippen LogP contribution >= 0.6 is 23.2 Å². The summed E-state index contributed by atoms with van der Waals surface area (Å²) in [7, 11) is 0. The Bertz CT molecular complexity index is 1510. The Morgan fingerprint density at radius 1 is 1.03 bits per heavy atom. The predicted octanol–water partition coefficient (Wildman–Crippen LogP) is 4.49. The lowest BCUT2D eigenvalue weighted by atomic mass is 10.2. The zero-order valence-corrected chi connectivity index (χ0v) is 21.2. The van der Waals surface area contributed by atoms with E-state index in [1.54, 1.807) is 35.2 Å². The smallest absolute Gasteiger partial charge is 0.282 e. The monoisotopic (exact) mass is 536 g/mol. The second kappa shape index (κ2) is 11.1. The van der Waals surface area contributed by atoms with Crippen LogP contribution < -0.4 is 10.3 Å². The molecule has 0 unspecified atom stereocenters. The fourth-order valence-electron chi connectivity index (χ4n) is 3.96. The SMILES string of the molecule is O=C(COc1c(Cl)cc(C=Nn2c(-c3ccccc3)nc3ccccc3c2=O)cc1Cl)N1CCOCC1. The van der Waals surface area contributed by atoms with Crippen LogP contribution in [0.4, 0.5) is 0 Å². The topological polar surface area (TPSA) is 86.0 Å². The van der Waals surface area contributed by atoms with Crippen LogP contribution in [0.25, 0.3) is 22.3 Å². The van der Waals surface area contributed by atoms with Gasteiger partial charge in [-0.1, -0.05) is 65.7 Å². The van der Waals surface area contributed by atoms with Crippen molar-refractivity contribution in [3.8, 4) is 17.1 Å². The third-order valence-electron chi connectivity index (χ3n) is 5.83. The number of benzene rings is 3. The van der Waals surface area contributed by atoms with E-state index < -0.39 is 0 Å². The predicted molar refractivity (Wildman–Crippen MR) is 144 cm³/mol. The van der Waals surface area contributed by atoms with Gasteiger partial charge in [-0.2, -0.15) is 9.78 Å². The summed E-state index contributed by atoms with van der Waals surface area (Å²) in [6.45, 7) is 1.86. The summed E-state index contributed by atoms with van der Waals surface area (Å²) in [6.07, 6.45) is 1.48. The van der Waals surface area contributed by atoms with Gasteiger partial charge < -0.3 is 14.4 Å². The van der Waals surface area contributed by atoms with Gasteiger partial charge in [0, 0.05) is 18.7 Å². The number of carbonyl (C=O) groups excluding carboxylic acids is 1. The van der Waals surface area contributed by atoms with Crippen LogP contribution in [-0.2, 0) is 9.53 Å². The van der Waals surface area contributed by atoms with E-state index in [9.17, 15) is 9.59 Å². The van der Waals surface area contributed by atoms with Gasteiger partial charge >= 0.3 is 0 Å². The minimum Gasteiger partial charge on any atom is -0.481 e. The molecule has 8 nitrogen and oxygen atoms in total. The first-order chi connectivity index (χ1) is 18.0. The van der Waals surface area contributed by atoms with Crippen LogP contribution in [0.15, 0.2) is 76.6 Å². The number of nitrogens with zero attached hydrogens (tertiary/aromatic N) is 4. The summed E-state index contributed by atoms with van der Waals surface area (Å²) in [6, 6.07) is 19.7. The molecule has 188 valence electrons. The Kier molecular flexibility index (Phi) is 7.50. The van der Waals surface area contributed by atoms with Crippen LogP contribution in [0.3, 0.4) is 0 Å². The Labute approximate surface area is 222 Å². The Balaban J connectivity index is 1.43. The van der Waals surface area contributed by atoms with E-state index in [0.29, 0.717) is 48.6 Å². The van der Waals surface area contributed by atoms with Crippen LogP contribution in [-0.4, -0.2) is 59.6 Å². The van der Waals surface area contributed by atoms with Gasteiger partial charge in [0.1, 0.15) is 0 Å². The van der Waals surface area contributed by atoms with Crippen molar-refractivity contribution < 1.29 is 14.3 Å². The molecule has 0 radical (unpaired) electrons. The number of fused-ring (bicyclic) bond motifs is 1. The molecule has 1 amide bonds. The van der Waals surface area contributed by atoms with E-state index >= 15 is 0 Å². The first kappa shape index (κ1) is 25.0. The number of morpholine rings is 1. The first-order valence-corrected chi connectivity index (χ1v) is 12.4. The highest BCUT2D eigenvalue weighted by Crippen LogP contribution is 2.34. The number of hydrogen-bond donors (Lipinski definition) is 0. The molecule has 0 spiro atoms. The Morgan fingerprint density at radius 3 is 2.43 bits per heavy atom. The van der Waals surface area contributed by atoms with Crippen LogP contribution in [0, 0.1) is 0 Å². The number of ether oxygens (including phenoxy) is 2. The Hall–Kier alpha value is -3.72. The molecule has 1 aliphatic heterocycles. The van der Waals surface area contributed by atoms with Gasteiger partial charge in [-0.3, -0.25) is 9.59 Å². The average Bonchev–Trinajstić information content (AvgIpc) is 2.93. The molecule has 0 atom stereocenters. The summed E-state index contributed by atoms with van der Waals surface area (Å²) < 4.78 is 12.2. The molecule has 5 rings (SSSR count). The molecule has 1 fully saturated rings. The molecular formula is C27H22Cl2N4O4. The molecule has 1 aromatic heterocycles. The van der Waals surface area contributed by atoms with E-state index in [4.69, 9.17) is 32.7 Å². The number of para-hydroxylation sites is 1. The largest absolute Gasteiger partial charge is 0.481 e. The van der Waals surface area contributed by atoms with Crippen LogP contribution in [0.1, 0.15) is 5.56 Å². The molecule has 4 aromatic rings. The van der Waals surface area contributed by atoms with Gasteiger partial charge in [0.15, 0.2) is 18.2 Å². The van der Waals surface area contributed by atoms with Crippen molar-refractivity contribution in [3.05, 3.63) is 92.7 Å². The highest BCUT2D eigenvalue weighted by atomic mass is 35.5. The molecule has 0 aliphatic carbocycles. The molecule has 1 saturated heterocycles. The molecule has 0 bridgehead atoms. The maximum atomic E-state index is 13.3. The van der Waals surface area contributed by atoms with Crippen molar-refractivity contribution >= 4 is 46.2 Å². The summed E-state index contributed by atoms with van der Waals surface area (Å²) in [5.41, 5.74) is 1.56. The lowest BCUT2D eigenvalue weighted by molar-refractivity contribution is -0.137. The standard InChI is InChI=1S/C27H22Cl2N4O4/c28-21-14-18(15-22(29)25(21)37-17-24(34)32-10-12-36-13-11-32)16-30-33-26(19-6-2-1-3-7-19)31-23-9-5-4-8-20(23)27(33)35/h1-9,14-16H,10-13,17H2. The van der Waals surface area contributed by atoms with Crippen molar-refractivity contribution in [1.82, 2.24) is 14.6 Å². The van der Waals surface area contributed by atoms with Crippen molar-refractivity contribution in [2.45, 2.75) is 0 Å². The number of aromatic nitrogens is 2. The molecule has 2 heterocycles. The highest BCUT2D eigenvalue weighted by molar-refractivity contribution is 6.37. The fourth-order valence-corrected chi connectivity index (χ4v) is 4.57. The fraction of sp³-hybridized carbons (Fsp3) is 0.185. The van der Waals surface area contributed by atoms with Crippen LogP contribution in [0.5, 0.6) is 5.75 Å². The zero-order valence-electron chi connectivity index (χ0n) is 19.6. The third-order valence-corrected chi connectivity index (χ3v) is 6.39. The molecule has 3 aromatic carbocycles. The maximum Gasteiger partial charge on any atom is 0.282 e. The molecular weight excluding hydrogens is 515 g/mol. The van der Waals surface area contributed by atoms with Gasteiger partial charge in [-0.15, -0.1) is 0 Å². The van der Waals surface area contributed by atoms with Crippen molar-refractivity contribution in [3.63, 3.8) is 0 Å². The van der Waals surface area contributed by atoms with Crippen molar-refractivity contribution in [2.24, 2.45) is 5.10 Å². The molecule has 0 saturated carbocycles. The molecule has 37 heavy (non-hydrogen) atoms. The normalized spacial score (nSPS) is 13.8. The van der Waals surface area contributed by atoms with Gasteiger partial charge in [-0.05, 0) is 29.8 Å². The van der Waals surface area contributed by atoms with E-state index in [1.165, 1.54) is 10.9 Å². The minimum absolute atomic E-state index is 0.169. The van der Waals surface area contributed by atoms with E-state index in [1.807, 2.05) is 36.4 Å². The lowest BCUT2D eigenvalue weighted by Gasteiger charge is -2.26. The van der Waals surface area contributed by atoms with Crippen molar-refractivity contribution in [2.75, 3.05) is 32.9 Å². The molecule has 10 heteroatoms. The second-order valence-corrected chi connectivity index (χ2v) is 9.09. The Morgan fingerprint density at radius 2 is 1.70 bits per heavy atom. The van der Waals surface area contributed by atoms with Crippen LogP contribution in [0.2, 0.25) is 10.0 Å². The number of carbonyl (C=O) groups is 1. The number of rotatable bonds is 6. The summed E-state index contributed by atoms with van der Waals surface area (Å²) in [5.74, 6) is 0.439. The quantitative estimate of drug-likeness (QED) is 0.339. The van der Waals surface area contributed by atoms with Gasteiger partial charge in [-0.25, -0.2) is 4.98 Å². The number of halogens is 2. The molecule has 1 aliphatic rings. The van der Waals surface area contributed by atoms with Gasteiger partial charge in [0.05, 0.1) is 40.4 Å². The summed E-state index contributed by atoms with van der Waals surface area (Å²) in [4.78, 5) is 32.1. The van der Waals surface area contributed by atoms with E-state index in [0.717, 1.165) is 5.56 Å². The minimum atomic E-state index is -0.306. The van der Waals surface area contributed by atoms with E-state index in [2.05, 4.69) is 10.1 Å². The molecule has 0 N–H and O–H groups in total. The van der Waals surface area contributed by atoms with Gasteiger partial charge in [0.2, 0.25) is 0 Å². The summed E-state index contributed by atoms with van der Waals surface area (Å²) in [5, 5.41) is 5.32.